The number of carbonyl (C=O) groups is 3. The van der Waals surface area contributed by atoms with Crippen molar-refractivity contribution in [2.75, 3.05) is 44.8 Å². The van der Waals surface area contributed by atoms with E-state index in [1.165, 1.54) is 42.5 Å². The van der Waals surface area contributed by atoms with Gasteiger partial charge in [0.25, 0.3) is 5.91 Å². The molecule has 0 heterocycles. The lowest BCUT2D eigenvalue weighted by Gasteiger charge is -2.27. The number of carbonyl (C=O) groups excluding carboxylic acids is 3. The van der Waals surface area contributed by atoms with Crippen molar-refractivity contribution < 1.29 is 36.8 Å². The normalized spacial score (nSPS) is 12.6. The zero-order valence-corrected chi connectivity index (χ0v) is 16.5. The summed E-state index contributed by atoms with van der Waals surface area (Å²) in [5, 5.41) is 4.48. The number of hydrogen-bond donors (Lipinski definition) is 2. The highest BCUT2D eigenvalue weighted by atomic mass is 35.5. The lowest BCUT2D eigenvalue weighted by Crippen LogP contribution is -3.00. The number of amides is 2. The molecule has 0 aliphatic heterocycles. The van der Waals surface area contributed by atoms with E-state index in [0.29, 0.717) is 17.4 Å². The summed E-state index contributed by atoms with van der Waals surface area (Å²) < 4.78 is 4.77. The van der Waals surface area contributed by atoms with Crippen LogP contribution in [0.2, 0.25) is 0 Å². The summed E-state index contributed by atoms with van der Waals surface area (Å²) in [4.78, 5) is 36.6. The number of rotatable bonds is 10. The van der Waals surface area contributed by atoms with E-state index in [-0.39, 0.29) is 30.3 Å². The number of quaternary nitrogens is 1. The van der Waals surface area contributed by atoms with Crippen LogP contribution >= 0.6 is 23.5 Å². The molecule has 0 bridgehead atoms. The minimum absolute atomic E-state index is 0. The minimum Gasteiger partial charge on any atom is -1.00 e. The van der Waals surface area contributed by atoms with E-state index in [2.05, 4.69) is 5.32 Å². The number of likely N-dealkylation sites (N-methyl/N-ethyl adjacent to an activating group) is 2. The Balaban J connectivity index is 0. The molecule has 136 valence electrons. The molecule has 0 saturated carbocycles. The van der Waals surface area contributed by atoms with Gasteiger partial charge in [-0.2, -0.15) is 11.8 Å². The van der Waals surface area contributed by atoms with E-state index in [1.54, 1.807) is 7.05 Å². The largest absolute Gasteiger partial charge is 1.00 e. The second-order valence-electron chi connectivity index (χ2n) is 4.63. The highest BCUT2D eigenvalue weighted by molar-refractivity contribution is 7.99. The van der Waals surface area contributed by atoms with Gasteiger partial charge >= 0.3 is 5.97 Å². The standard InChI is InChI=1S/C13H25N3O4S2.ClH/c1-9(17)15-8-22-6-10(14-2)12(18)16(3)11(7-21-5)13(19)20-4;/h10-11,14H,6-8H2,1-5H3,(H,15,17);1H/t10-,11-;/m0./s1. The van der Waals surface area contributed by atoms with Crippen LogP contribution in [0.1, 0.15) is 6.92 Å². The number of halogens is 1. The van der Waals surface area contributed by atoms with E-state index in [4.69, 9.17) is 4.74 Å². The third kappa shape index (κ3) is 9.29. The molecule has 0 aromatic carbocycles. The van der Waals surface area contributed by atoms with Crippen LogP contribution in [-0.4, -0.2) is 79.6 Å². The lowest BCUT2D eigenvalue weighted by molar-refractivity contribution is -0.646. The van der Waals surface area contributed by atoms with Gasteiger partial charge in [-0.3, -0.25) is 9.59 Å². The van der Waals surface area contributed by atoms with Crippen LogP contribution in [0.5, 0.6) is 0 Å². The molecular formula is C13H26ClN3O4S2. The number of nitrogens with one attached hydrogen (secondary N) is 1. The number of methoxy groups -OCH3 is 1. The Morgan fingerprint density at radius 1 is 1.30 bits per heavy atom. The van der Waals surface area contributed by atoms with Crippen LogP contribution in [0.25, 0.3) is 0 Å². The van der Waals surface area contributed by atoms with Crippen LogP contribution in [0.15, 0.2) is 0 Å². The van der Waals surface area contributed by atoms with Crippen molar-refractivity contribution >= 4 is 41.3 Å². The van der Waals surface area contributed by atoms with E-state index in [0.717, 1.165) is 0 Å². The number of hydrogen-bond acceptors (Lipinski definition) is 6. The Morgan fingerprint density at radius 2 is 1.91 bits per heavy atom. The van der Waals surface area contributed by atoms with Crippen molar-refractivity contribution in [2.24, 2.45) is 0 Å². The number of esters is 1. The summed E-state index contributed by atoms with van der Waals surface area (Å²) in [5.41, 5.74) is 0. The summed E-state index contributed by atoms with van der Waals surface area (Å²) in [5.74, 6) is 0.867. The first-order chi connectivity index (χ1) is 10.4. The first kappa shape index (κ1) is 24.6. The van der Waals surface area contributed by atoms with Crippen molar-refractivity contribution in [2.45, 2.75) is 19.0 Å². The molecule has 2 atom stereocenters. The Bertz CT molecular complexity index is 388. The average Bonchev–Trinajstić information content (AvgIpc) is 2.50. The highest BCUT2D eigenvalue weighted by Crippen LogP contribution is 2.09. The molecule has 0 aromatic rings. The maximum atomic E-state index is 12.5. The van der Waals surface area contributed by atoms with Crippen molar-refractivity contribution in [1.82, 2.24) is 10.2 Å². The molecule has 0 aliphatic carbocycles. The van der Waals surface area contributed by atoms with Gasteiger partial charge in [0.15, 0.2) is 6.04 Å². The molecule has 0 unspecified atom stereocenters. The Kier molecular flexibility index (Phi) is 14.7. The first-order valence-electron chi connectivity index (χ1n) is 6.84. The Labute approximate surface area is 152 Å². The predicted molar refractivity (Wildman–Crippen MR) is 89.7 cm³/mol. The van der Waals surface area contributed by atoms with Gasteiger partial charge in [-0.15, -0.1) is 11.8 Å². The Hall–Kier alpha value is -0.640. The van der Waals surface area contributed by atoms with Crippen molar-refractivity contribution in [1.29, 1.82) is 0 Å². The second-order valence-corrected chi connectivity index (χ2v) is 6.57. The molecule has 0 saturated heterocycles. The molecule has 0 rings (SSSR count). The molecule has 23 heavy (non-hydrogen) atoms. The van der Waals surface area contributed by atoms with Crippen LogP contribution < -0.4 is 23.0 Å². The third-order valence-electron chi connectivity index (χ3n) is 3.05. The topological polar surface area (TPSA) is 92.3 Å². The molecule has 7 nitrogen and oxygen atoms in total. The highest BCUT2D eigenvalue weighted by Gasteiger charge is 2.32. The maximum absolute atomic E-state index is 12.5. The smallest absolute Gasteiger partial charge is 0.329 e. The van der Waals surface area contributed by atoms with Gasteiger partial charge in [0.2, 0.25) is 5.91 Å². The van der Waals surface area contributed by atoms with Gasteiger partial charge in [-0.1, -0.05) is 0 Å². The van der Waals surface area contributed by atoms with Gasteiger partial charge in [0, 0.05) is 19.7 Å². The van der Waals surface area contributed by atoms with E-state index in [9.17, 15) is 14.4 Å². The van der Waals surface area contributed by atoms with Crippen LogP contribution in [0.4, 0.5) is 0 Å². The summed E-state index contributed by atoms with van der Waals surface area (Å²) >= 11 is 2.95. The molecule has 0 radical (unpaired) electrons. The second kappa shape index (κ2) is 13.8. The van der Waals surface area contributed by atoms with E-state index >= 15 is 0 Å². The zero-order chi connectivity index (χ0) is 17.1. The zero-order valence-electron chi connectivity index (χ0n) is 14.1. The SMILES string of the molecule is C[NH2+][C@@H](CSCNC(C)=O)C(=O)N(C)[C@@H](CSC)C(=O)OC.[Cl-]. The molecule has 3 N–H and O–H groups in total. The molecule has 2 amide bonds. The minimum atomic E-state index is -0.588. The fraction of sp³-hybridized carbons (Fsp3) is 0.769. The lowest BCUT2D eigenvalue weighted by atomic mass is 10.2. The number of nitrogens with two attached hydrogens (primary N) is 1. The molecule has 0 fully saturated rings. The van der Waals surface area contributed by atoms with Crippen LogP contribution in [0.3, 0.4) is 0 Å². The predicted octanol–water partition coefficient (Wildman–Crippen LogP) is -4.26. The Morgan fingerprint density at radius 3 is 2.35 bits per heavy atom. The fourth-order valence-corrected chi connectivity index (χ4v) is 3.38. The van der Waals surface area contributed by atoms with Crippen LogP contribution in [-0.2, 0) is 19.1 Å². The number of nitrogens with zero attached hydrogens (tertiary/aromatic N) is 1. The molecule has 10 heteroatoms. The van der Waals surface area contributed by atoms with Crippen molar-refractivity contribution in [3.05, 3.63) is 0 Å². The molecule has 0 aromatic heterocycles. The number of ether oxygens (including phenoxy) is 1. The number of thioether (sulfide) groups is 2. The van der Waals surface area contributed by atoms with Gasteiger partial charge < -0.3 is 32.7 Å². The van der Waals surface area contributed by atoms with Crippen molar-refractivity contribution in [3.8, 4) is 0 Å². The summed E-state index contributed by atoms with van der Waals surface area (Å²) in [6.07, 6.45) is 1.88. The maximum Gasteiger partial charge on any atom is 0.329 e. The first-order valence-corrected chi connectivity index (χ1v) is 9.38. The van der Waals surface area contributed by atoms with Gasteiger partial charge in [0.05, 0.1) is 25.8 Å². The van der Waals surface area contributed by atoms with E-state index in [1.807, 2.05) is 18.6 Å². The van der Waals surface area contributed by atoms with Gasteiger partial charge in [-0.05, 0) is 6.26 Å². The van der Waals surface area contributed by atoms with Gasteiger partial charge in [0.1, 0.15) is 6.04 Å². The van der Waals surface area contributed by atoms with E-state index < -0.39 is 12.0 Å². The van der Waals surface area contributed by atoms with Gasteiger partial charge in [-0.25, -0.2) is 4.79 Å². The summed E-state index contributed by atoms with van der Waals surface area (Å²) in [6.45, 7) is 1.45. The fourth-order valence-electron chi connectivity index (χ4n) is 1.70. The molecule has 0 spiro atoms. The third-order valence-corrected chi connectivity index (χ3v) is 4.65. The summed E-state index contributed by atoms with van der Waals surface area (Å²) in [6, 6.07) is -0.895. The quantitative estimate of drug-likeness (QED) is 0.224. The van der Waals surface area contributed by atoms with Crippen LogP contribution in [0, 0.1) is 0 Å². The summed E-state index contributed by atoms with van der Waals surface area (Å²) in [7, 11) is 4.76. The molecular weight excluding hydrogens is 362 g/mol. The monoisotopic (exact) mass is 387 g/mol. The molecule has 0 aliphatic rings. The van der Waals surface area contributed by atoms with Crippen molar-refractivity contribution in [3.63, 3.8) is 0 Å². The average molecular weight is 388 g/mol.